The number of phenols is 3. The fraction of sp³-hybridized carbons (Fsp3) is 0.286. The maximum absolute atomic E-state index is 12.5. The van der Waals surface area contributed by atoms with Crippen molar-refractivity contribution in [1.29, 1.82) is 0 Å². The molecular formula is C21H20O12. The van der Waals surface area contributed by atoms with Crippen molar-refractivity contribution < 1.29 is 54.7 Å². The van der Waals surface area contributed by atoms with E-state index in [1.54, 1.807) is 0 Å². The zero-order valence-electron chi connectivity index (χ0n) is 16.7. The van der Waals surface area contributed by atoms with Gasteiger partial charge in [0, 0.05) is 17.7 Å². The predicted molar refractivity (Wildman–Crippen MR) is 109 cm³/mol. The smallest absolute Gasteiger partial charge is 0.238 e. The SMILES string of the molecule is O=c1c(O)c(-c2ccc(O)c(OC3O[C@H]([C@H](O)CO)[C@H](O)[C@H]3O)c2)oc2cc(O)cc(O)c12. The highest BCUT2D eigenvalue weighted by molar-refractivity contribution is 5.88. The molecule has 2 aromatic carbocycles. The number of hydrogen-bond acceptors (Lipinski definition) is 12. The van der Waals surface area contributed by atoms with Gasteiger partial charge in [-0.15, -0.1) is 0 Å². The first kappa shape index (κ1) is 22.6. The minimum Gasteiger partial charge on any atom is -0.508 e. The molecule has 1 saturated heterocycles. The third-order valence-electron chi connectivity index (χ3n) is 5.22. The number of ether oxygens (including phenoxy) is 2. The van der Waals surface area contributed by atoms with E-state index in [-0.39, 0.29) is 33.8 Å². The Morgan fingerprint density at radius 1 is 1.00 bits per heavy atom. The van der Waals surface area contributed by atoms with Gasteiger partial charge in [0.1, 0.15) is 46.9 Å². The number of benzene rings is 2. The molecule has 1 aliphatic heterocycles. The number of aromatic hydroxyl groups is 4. The highest BCUT2D eigenvalue weighted by atomic mass is 16.7. The monoisotopic (exact) mass is 464 g/mol. The second-order valence-electron chi connectivity index (χ2n) is 7.45. The lowest BCUT2D eigenvalue weighted by Gasteiger charge is -2.19. The van der Waals surface area contributed by atoms with E-state index >= 15 is 0 Å². The lowest BCUT2D eigenvalue weighted by molar-refractivity contribution is -0.137. The average molecular weight is 464 g/mol. The summed E-state index contributed by atoms with van der Waals surface area (Å²) >= 11 is 0. The number of fused-ring (bicyclic) bond motifs is 1. The van der Waals surface area contributed by atoms with Crippen LogP contribution in [0.1, 0.15) is 0 Å². The molecule has 0 bridgehead atoms. The van der Waals surface area contributed by atoms with Gasteiger partial charge in [0.05, 0.1) is 6.61 Å². The topological polar surface area (TPSA) is 211 Å². The maximum Gasteiger partial charge on any atom is 0.238 e. The molecule has 176 valence electrons. The van der Waals surface area contributed by atoms with Crippen molar-refractivity contribution in [3.63, 3.8) is 0 Å². The van der Waals surface area contributed by atoms with Crippen LogP contribution in [-0.2, 0) is 4.74 Å². The van der Waals surface area contributed by atoms with Crippen molar-refractivity contribution in [3.8, 4) is 40.1 Å². The summed E-state index contributed by atoms with van der Waals surface area (Å²) in [6.45, 7) is -0.743. The van der Waals surface area contributed by atoms with Crippen molar-refractivity contribution >= 4 is 11.0 Å². The van der Waals surface area contributed by atoms with Gasteiger partial charge in [-0.1, -0.05) is 0 Å². The molecule has 12 nitrogen and oxygen atoms in total. The van der Waals surface area contributed by atoms with Gasteiger partial charge in [0.25, 0.3) is 0 Å². The van der Waals surface area contributed by atoms with Gasteiger partial charge in [-0.25, -0.2) is 0 Å². The van der Waals surface area contributed by atoms with Gasteiger partial charge >= 0.3 is 0 Å². The quantitative estimate of drug-likeness (QED) is 0.239. The molecule has 0 aliphatic carbocycles. The van der Waals surface area contributed by atoms with Crippen LogP contribution in [0.3, 0.4) is 0 Å². The molecular weight excluding hydrogens is 444 g/mol. The third kappa shape index (κ3) is 3.90. The fourth-order valence-corrected chi connectivity index (χ4v) is 3.54. The van der Waals surface area contributed by atoms with Crippen molar-refractivity contribution in [1.82, 2.24) is 0 Å². The summed E-state index contributed by atoms with van der Waals surface area (Å²) in [5.74, 6) is -2.96. The molecule has 2 heterocycles. The standard InChI is InChI=1S/C21H20O12/c22-6-11(26)20-17(29)18(30)21(33-20)32-12-3-7(1-2-9(12)24)19-16(28)15(27)14-10(25)4-8(23)5-13(14)31-19/h1-5,11,17-18,20-26,28-30H,6H2/t11-,17-,18-,20-,21?/m1/s1. The zero-order valence-corrected chi connectivity index (χ0v) is 16.7. The van der Waals surface area contributed by atoms with Crippen LogP contribution in [0, 0.1) is 0 Å². The normalized spacial score (nSPS) is 23.6. The van der Waals surface area contributed by atoms with E-state index in [4.69, 9.17) is 19.0 Å². The molecule has 0 radical (unpaired) electrons. The van der Waals surface area contributed by atoms with Crippen LogP contribution in [0.2, 0.25) is 0 Å². The molecule has 12 heteroatoms. The summed E-state index contributed by atoms with van der Waals surface area (Å²) in [6, 6.07) is 5.51. The Labute approximate surface area is 184 Å². The van der Waals surface area contributed by atoms with E-state index in [0.717, 1.165) is 24.3 Å². The van der Waals surface area contributed by atoms with Gasteiger partial charge in [-0.05, 0) is 18.2 Å². The Morgan fingerprint density at radius 3 is 2.42 bits per heavy atom. The average Bonchev–Trinajstić information content (AvgIpc) is 3.05. The van der Waals surface area contributed by atoms with Crippen molar-refractivity contribution in [3.05, 3.63) is 40.6 Å². The number of hydrogen-bond donors (Lipinski definition) is 8. The number of aliphatic hydroxyl groups is 4. The van der Waals surface area contributed by atoms with Crippen LogP contribution in [0.5, 0.6) is 28.7 Å². The molecule has 0 amide bonds. The Kier molecular flexibility index (Phi) is 5.78. The number of phenolic OH excluding ortho intramolecular Hbond substituents is 3. The Morgan fingerprint density at radius 2 is 1.73 bits per heavy atom. The molecule has 33 heavy (non-hydrogen) atoms. The summed E-state index contributed by atoms with van der Waals surface area (Å²) in [4.78, 5) is 12.5. The van der Waals surface area contributed by atoms with Crippen LogP contribution in [0.4, 0.5) is 0 Å². The van der Waals surface area contributed by atoms with E-state index in [2.05, 4.69) is 0 Å². The zero-order chi connectivity index (χ0) is 24.0. The van der Waals surface area contributed by atoms with E-state index in [9.17, 15) is 40.5 Å². The van der Waals surface area contributed by atoms with Crippen molar-refractivity contribution in [2.45, 2.75) is 30.7 Å². The van der Waals surface area contributed by atoms with Gasteiger partial charge in [0.15, 0.2) is 17.3 Å². The molecule has 0 saturated carbocycles. The fourth-order valence-electron chi connectivity index (χ4n) is 3.54. The summed E-state index contributed by atoms with van der Waals surface area (Å²) in [5, 5.41) is 78.6. The summed E-state index contributed by atoms with van der Waals surface area (Å²) in [5.41, 5.74) is -1.17. The first-order valence-corrected chi connectivity index (χ1v) is 9.64. The summed E-state index contributed by atoms with van der Waals surface area (Å²) < 4.78 is 16.2. The number of aliphatic hydroxyl groups excluding tert-OH is 4. The minimum atomic E-state index is -1.64. The molecule has 8 N–H and O–H groups in total. The largest absolute Gasteiger partial charge is 0.508 e. The first-order chi connectivity index (χ1) is 15.6. The molecule has 5 atom stereocenters. The van der Waals surface area contributed by atoms with Crippen LogP contribution in [0.25, 0.3) is 22.3 Å². The van der Waals surface area contributed by atoms with Crippen molar-refractivity contribution in [2.75, 3.05) is 6.61 Å². The van der Waals surface area contributed by atoms with E-state index in [0.29, 0.717) is 0 Å². The second-order valence-corrected chi connectivity index (χ2v) is 7.45. The van der Waals surface area contributed by atoms with Crippen LogP contribution >= 0.6 is 0 Å². The predicted octanol–water partition coefficient (Wildman–Crippen LogP) is -0.539. The highest BCUT2D eigenvalue weighted by Gasteiger charge is 2.47. The Bertz CT molecular complexity index is 1250. The molecule has 4 rings (SSSR count). The van der Waals surface area contributed by atoms with Gasteiger partial charge < -0.3 is 54.7 Å². The second kappa shape index (κ2) is 8.42. The van der Waals surface area contributed by atoms with E-state index < -0.39 is 60.0 Å². The van der Waals surface area contributed by atoms with Crippen LogP contribution < -0.4 is 10.2 Å². The summed E-state index contributed by atoms with van der Waals surface area (Å²) in [6.07, 6.45) is -7.64. The van der Waals surface area contributed by atoms with E-state index in [1.165, 1.54) is 6.07 Å². The van der Waals surface area contributed by atoms with Crippen LogP contribution in [-0.4, -0.2) is 78.2 Å². The molecule has 0 spiro atoms. The van der Waals surface area contributed by atoms with Gasteiger partial charge in [0.2, 0.25) is 17.5 Å². The maximum atomic E-state index is 12.5. The highest BCUT2D eigenvalue weighted by Crippen LogP contribution is 2.39. The molecule has 3 aromatic rings. The summed E-state index contributed by atoms with van der Waals surface area (Å²) in [7, 11) is 0. The van der Waals surface area contributed by atoms with Gasteiger partial charge in [-0.3, -0.25) is 4.79 Å². The molecule has 1 unspecified atom stereocenters. The minimum absolute atomic E-state index is 0.0297. The number of rotatable bonds is 5. The molecule has 1 fully saturated rings. The lowest BCUT2D eigenvalue weighted by Crippen LogP contribution is -2.40. The molecule has 1 aromatic heterocycles. The molecule has 1 aliphatic rings. The van der Waals surface area contributed by atoms with Crippen LogP contribution in [0.15, 0.2) is 39.5 Å². The first-order valence-electron chi connectivity index (χ1n) is 9.64. The third-order valence-corrected chi connectivity index (χ3v) is 5.22. The van der Waals surface area contributed by atoms with E-state index in [1.807, 2.05) is 0 Å². The Balaban J connectivity index is 1.72. The Hall–Kier alpha value is -3.55. The van der Waals surface area contributed by atoms with Crippen molar-refractivity contribution in [2.24, 2.45) is 0 Å². The lowest BCUT2D eigenvalue weighted by atomic mass is 10.1. The van der Waals surface area contributed by atoms with Gasteiger partial charge in [-0.2, -0.15) is 0 Å².